The fourth-order valence-corrected chi connectivity index (χ4v) is 2.62. The van der Waals surface area contributed by atoms with Gasteiger partial charge in [0.1, 0.15) is 5.82 Å². The number of carbonyl (C=O) groups excluding carboxylic acids is 1. The molecule has 0 unspecified atom stereocenters. The normalized spacial score (nSPS) is 16.6. The summed E-state index contributed by atoms with van der Waals surface area (Å²) in [7, 11) is 1.87. The number of amides is 1. The highest BCUT2D eigenvalue weighted by Crippen LogP contribution is 2.22. The number of halogens is 1. The van der Waals surface area contributed by atoms with E-state index in [9.17, 15) is 9.18 Å². The lowest BCUT2D eigenvalue weighted by Gasteiger charge is -2.31. The van der Waals surface area contributed by atoms with Gasteiger partial charge in [0.25, 0.3) is 0 Å². The van der Waals surface area contributed by atoms with Crippen LogP contribution in [0.1, 0.15) is 37.7 Å². The Kier molecular flexibility index (Phi) is 4.34. The van der Waals surface area contributed by atoms with E-state index in [0.717, 1.165) is 18.4 Å². The van der Waals surface area contributed by atoms with Crippen molar-refractivity contribution < 1.29 is 9.18 Å². The number of hydrogen-bond donors (Lipinski definition) is 0. The Hall–Kier alpha value is -1.38. The fourth-order valence-electron chi connectivity index (χ4n) is 2.62. The molecule has 1 aromatic carbocycles. The third kappa shape index (κ3) is 3.31. The molecule has 0 bridgehead atoms. The third-order valence-corrected chi connectivity index (χ3v) is 3.76. The molecule has 3 heteroatoms. The highest BCUT2D eigenvalue weighted by molar-refractivity contribution is 5.78. The Morgan fingerprint density at radius 1 is 1.33 bits per heavy atom. The quantitative estimate of drug-likeness (QED) is 0.805. The fraction of sp³-hybridized carbons (Fsp3) is 0.533. The monoisotopic (exact) mass is 249 g/mol. The van der Waals surface area contributed by atoms with Crippen LogP contribution in [0.25, 0.3) is 0 Å². The van der Waals surface area contributed by atoms with E-state index in [1.165, 1.54) is 31.4 Å². The molecule has 0 aromatic heterocycles. The first-order valence-electron chi connectivity index (χ1n) is 6.67. The summed E-state index contributed by atoms with van der Waals surface area (Å²) in [6, 6.07) is 6.67. The molecule has 1 aromatic rings. The summed E-state index contributed by atoms with van der Waals surface area (Å²) >= 11 is 0. The lowest BCUT2D eigenvalue weighted by molar-refractivity contribution is -0.131. The van der Waals surface area contributed by atoms with E-state index in [2.05, 4.69) is 0 Å². The minimum Gasteiger partial charge on any atom is -0.342 e. The highest BCUT2D eigenvalue weighted by atomic mass is 19.1. The van der Waals surface area contributed by atoms with Gasteiger partial charge in [-0.2, -0.15) is 0 Å². The topological polar surface area (TPSA) is 20.3 Å². The number of rotatable bonds is 3. The number of likely N-dealkylation sites (N-methyl/N-ethyl adjacent to an activating group) is 1. The predicted octanol–water partition coefficient (Wildman–Crippen LogP) is 3.16. The van der Waals surface area contributed by atoms with Crippen LogP contribution in [-0.4, -0.2) is 23.9 Å². The molecule has 1 aliphatic carbocycles. The minimum absolute atomic E-state index is 0.0903. The summed E-state index contributed by atoms with van der Waals surface area (Å²) in [4.78, 5) is 14.0. The summed E-state index contributed by atoms with van der Waals surface area (Å²) in [5.41, 5.74) is 0.752. The second kappa shape index (κ2) is 5.98. The molecule has 0 atom stereocenters. The third-order valence-electron chi connectivity index (χ3n) is 3.76. The van der Waals surface area contributed by atoms with Gasteiger partial charge >= 0.3 is 0 Å². The van der Waals surface area contributed by atoms with Crippen LogP contribution in [0.5, 0.6) is 0 Å². The highest BCUT2D eigenvalue weighted by Gasteiger charge is 2.21. The molecule has 0 aliphatic heterocycles. The van der Waals surface area contributed by atoms with Crippen molar-refractivity contribution in [1.29, 1.82) is 0 Å². The summed E-state index contributed by atoms with van der Waals surface area (Å²) in [6.45, 7) is 0. The number of benzene rings is 1. The number of hydrogen-bond acceptors (Lipinski definition) is 1. The number of nitrogens with zero attached hydrogens (tertiary/aromatic N) is 1. The lowest BCUT2D eigenvalue weighted by Crippen LogP contribution is -2.39. The van der Waals surface area contributed by atoms with Crippen LogP contribution in [0.3, 0.4) is 0 Å². The second-order valence-electron chi connectivity index (χ2n) is 5.10. The van der Waals surface area contributed by atoms with Crippen LogP contribution in [0.15, 0.2) is 24.3 Å². The van der Waals surface area contributed by atoms with Gasteiger partial charge in [-0.1, -0.05) is 31.4 Å². The maximum Gasteiger partial charge on any atom is 0.226 e. The van der Waals surface area contributed by atoms with E-state index in [0.29, 0.717) is 12.5 Å². The van der Waals surface area contributed by atoms with Gasteiger partial charge in [-0.15, -0.1) is 0 Å². The van der Waals surface area contributed by atoms with Gasteiger partial charge in [-0.25, -0.2) is 4.39 Å². The second-order valence-corrected chi connectivity index (χ2v) is 5.10. The molecule has 1 fully saturated rings. The Morgan fingerprint density at radius 2 is 2.06 bits per heavy atom. The molecule has 0 radical (unpaired) electrons. The molecule has 18 heavy (non-hydrogen) atoms. The predicted molar refractivity (Wildman–Crippen MR) is 69.7 cm³/mol. The maximum absolute atomic E-state index is 13.0. The van der Waals surface area contributed by atoms with E-state index in [1.54, 1.807) is 12.1 Å². The molecule has 0 saturated heterocycles. The first-order valence-corrected chi connectivity index (χ1v) is 6.67. The summed E-state index contributed by atoms with van der Waals surface area (Å²) in [5.74, 6) is -0.187. The zero-order chi connectivity index (χ0) is 13.0. The van der Waals surface area contributed by atoms with Crippen molar-refractivity contribution in [2.24, 2.45) is 0 Å². The van der Waals surface area contributed by atoms with Crippen LogP contribution in [0.2, 0.25) is 0 Å². The molecule has 0 spiro atoms. The van der Waals surface area contributed by atoms with Gasteiger partial charge in [-0.3, -0.25) is 4.79 Å². The Balaban J connectivity index is 1.94. The Morgan fingerprint density at radius 3 is 2.72 bits per heavy atom. The van der Waals surface area contributed by atoms with Crippen molar-refractivity contribution in [1.82, 2.24) is 4.90 Å². The standard InChI is InChI=1S/C15H20FNO/c1-17(14-8-3-2-4-9-14)15(18)11-12-6-5-7-13(16)10-12/h5-7,10,14H,2-4,8-9,11H2,1H3. The Bertz CT molecular complexity index is 413. The average molecular weight is 249 g/mol. The molecular weight excluding hydrogens is 229 g/mol. The largest absolute Gasteiger partial charge is 0.342 e. The molecule has 2 nitrogen and oxygen atoms in total. The van der Waals surface area contributed by atoms with Crippen molar-refractivity contribution in [3.63, 3.8) is 0 Å². The van der Waals surface area contributed by atoms with Crippen molar-refractivity contribution >= 4 is 5.91 Å². The van der Waals surface area contributed by atoms with E-state index >= 15 is 0 Å². The van der Waals surface area contributed by atoms with Crippen molar-refractivity contribution in [3.05, 3.63) is 35.6 Å². The van der Waals surface area contributed by atoms with Crippen molar-refractivity contribution in [2.45, 2.75) is 44.6 Å². The molecular formula is C15H20FNO. The SMILES string of the molecule is CN(C(=O)Cc1cccc(F)c1)C1CCCCC1. The van der Waals surface area contributed by atoms with Gasteiger partial charge in [-0.05, 0) is 30.5 Å². The van der Waals surface area contributed by atoms with Crippen LogP contribution in [0.4, 0.5) is 4.39 Å². The first-order chi connectivity index (χ1) is 8.66. The first kappa shape index (κ1) is 13.1. The van der Waals surface area contributed by atoms with E-state index < -0.39 is 0 Å². The molecule has 0 N–H and O–H groups in total. The van der Waals surface area contributed by atoms with E-state index in [-0.39, 0.29) is 11.7 Å². The average Bonchev–Trinajstić information content (AvgIpc) is 2.39. The summed E-state index contributed by atoms with van der Waals surface area (Å²) in [5, 5.41) is 0. The Labute approximate surface area is 108 Å². The molecule has 98 valence electrons. The zero-order valence-corrected chi connectivity index (χ0v) is 10.9. The van der Waals surface area contributed by atoms with Gasteiger partial charge in [0.2, 0.25) is 5.91 Å². The van der Waals surface area contributed by atoms with Gasteiger partial charge in [0, 0.05) is 13.1 Å². The zero-order valence-electron chi connectivity index (χ0n) is 10.9. The van der Waals surface area contributed by atoms with Crippen LogP contribution < -0.4 is 0 Å². The summed E-state index contributed by atoms with van der Waals surface area (Å²) in [6.07, 6.45) is 6.20. The van der Waals surface area contributed by atoms with Gasteiger partial charge in [0.05, 0.1) is 6.42 Å². The van der Waals surface area contributed by atoms with Crippen LogP contribution in [0, 0.1) is 5.82 Å². The van der Waals surface area contributed by atoms with E-state index in [1.807, 2.05) is 11.9 Å². The van der Waals surface area contributed by atoms with Crippen LogP contribution >= 0.6 is 0 Å². The maximum atomic E-state index is 13.0. The molecule has 1 aliphatic rings. The minimum atomic E-state index is -0.277. The molecule has 1 saturated carbocycles. The summed E-state index contributed by atoms with van der Waals surface area (Å²) < 4.78 is 13.0. The smallest absolute Gasteiger partial charge is 0.226 e. The lowest BCUT2D eigenvalue weighted by atomic mass is 9.94. The van der Waals surface area contributed by atoms with Crippen LogP contribution in [-0.2, 0) is 11.2 Å². The van der Waals surface area contributed by atoms with Crippen molar-refractivity contribution in [2.75, 3.05) is 7.05 Å². The van der Waals surface area contributed by atoms with E-state index in [4.69, 9.17) is 0 Å². The molecule has 2 rings (SSSR count). The van der Waals surface area contributed by atoms with Crippen molar-refractivity contribution in [3.8, 4) is 0 Å². The molecule has 1 amide bonds. The van der Waals surface area contributed by atoms with Gasteiger partial charge in [0.15, 0.2) is 0 Å². The van der Waals surface area contributed by atoms with Gasteiger partial charge < -0.3 is 4.90 Å². The molecule has 0 heterocycles. The number of carbonyl (C=O) groups is 1.